The normalized spacial score (nSPS) is 10.1. The number of rotatable bonds is 5. The first-order valence-electron chi connectivity index (χ1n) is 5.74. The molecule has 0 atom stereocenters. The molecule has 0 aliphatic rings. The van der Waals surface area contributed by atoms with Crippen LogP contribution in [-0.2, 0) is 6.42 Å². The van der Waals surface area contributed by atoms with Crippen molar-refractivity contribution >= 4 is 12.6 Å². The van der Waals surface area contributed by atoms with Crippen LogP contribution in [0.5, 0.6) is 5.88 Å². The van der Waals surface area contributed by atoms with Gasteiger partial charge in [-0.25, -0.2) is 4.98 Å². The average Bonchev–Trinajstić information content (AvgIpc) is 2.40. The van der Waals surface area contributed by atoms with Gasteiger partial charge in [-0.3, -0.25) is 0 Å². The Hall–Kier alpha value is -1.85. The smallest absolute Gasteiger partial charge is 0.477 e. The molecule has 1 aromatic heterocycles. The van der Waals surface area contributed by atoms with E-state index in [0.717, 1.165) is 6.42 Å². The second-order valence-corrected chi connectivity index (χ2v) is 3.89. The summed E-state index contributed by atoms with van der Waals surface area (Å²) in [6.07, 6.45) is 2.20. The maximum Gasteiger partial charge on any atom is 0.490 e. The van der Waals surface area contributed by atoms with Gasteiger partial charge in [0.2, 0.25) is 5.88 Å². The lowest BCUT2D eigenvalue weighted by molar-refractivity contribution is 0.309. The van der Waals surface area contributed by atoms with Gasteiger partial charge in [0.15, 0.2) is 0 Å². The molecule has 2 rings (SSSR count). The van der Waals surface area contributed by atoms with Crippen LogP contribution in [0.4, 0.5) is 0 Å². The summed E-state index contributed by atoms with van der Waals surface area (Å²) in [7, 11) is -1.49. The van der Waals surface area contributed by atoms with Crippen LogP contribution >= 0.6 is 0 Å². The first kappa shape index (κ1) is 12.6. The summed E-state index contributed by atoms with van der Waals surface area (Å²) in [5.74, 6) is 0.482. The molecule has 2 aromatic rings. The Morgan fingerprint density at radius 2 is 1.83 bits per heavy atom. The van der Waals surface area contributed by atoms with Crippen LogP contribution in [0.2, 0.25) is 0 Å². The number of nitrogens with zero attached hydrogens (tertiary/aromatic N) is 1. The summed E-state index contributed by atoms with van der Waals surface area (Å²) in [5.41, 5.74) is 1.56. The number of ether oxygens (including phenoxy) is 1. The highest BCUT2D eigenvalue weighted by Crippen LogP contribution is 2.05. The van der Waals surface area contributed by atoms with Crippen molar-refractivity contribution < 1.29 is 14.8 Å². The maximum atomic E-state index is 8.91. The molecule has 1 heterocycles. The van der Waals surface area contributed by atoms with Crippen molar-refractivity contribution in [3.05, 3.63) is 54.2 Å². The third-order valence-corrected chi connectivity index (χ3v) is 2.54. The van der Waals surface area contributed by atoms with Crippen LogP contribution in [0.15, 0.2) is 48.7 Å². The number of hydrogen-bond donors (Lipinski definition) is 2. The van der Waals surface area contributed by atoms with Gasteiger partial charge in [0.25, 0.3) is 0 Å². The fourth-order valence-electron chi connectivity index (χ4n) is 1.55. The molecule has 0 bridgehead atoms. The van der Waals surface area contributed by atoms with Crippen molar-refractivity contribution in [3.8, 4) is 5.88 Å². The predicted octanol–water partition coefficient (Wildman–Crippen LogP) is 0.383. The van der Waals surface area contributed by atoms with Crippen LogP contribution in [0.1, 0.15) is 5.56 Å². The van der Waals surface area contributed by atoms with Gasteiger partial charge < -0.3 is 14.8 Å². The highest BCUT2D eigenvalue weighted by Gasteiger charge is 2.10. The minimum absolute atomic E-state index is 0.352. The van der Waals surface area contributed by atoms with E-state index in [4.69, 9.17) is 14.8 Å². The van der Waals surface area contributed by atoms with Crippen molar-refractivity contribution in [3.63, 3.8) is 0 Å². The molecular formula is C13H14BNO3. The molecule has 0 amide bonds. The van der Waals surface area contributed by atoms with E-state index in [0.29, 0.717) is 17.9 Å². The zero-order valence-electron chi connectivity index (χ0n) is 9.86. The van der Waals surface area contributed by atoms with Gasteiger partial charge in [0.05, 0.1) is 6.61 Å². The Bertz CT molecular complexity index is 473. The van der Waals surface area contributed by atoms with Gasteiger partial charge in [0, 0.05) is 18.1 Å². The summed E-state index contributed by atoms with van der Waals surface area (Å²) in [6, 6.07) is 13.3. The number of hydrogen-bond acceptors (Lipinski definition) is 4. The van der Waals surface area contributed by atoms with Gasteiger partial charge in [-0.2, -0.15) is 0 Å². The molecule has 0 saturated carbocycles. The fourth-order valence-corrected chi connectivity index (χ4v) is 1.55. The van der Waals surface area contributed by atoms with E-state index in [-0.39, 0.29) is 0 Å². The molecule has 0 fully saturated rings. The van der Waals surface area contributed by atoms with Gasteiger partial charge in [-0.1, -0.05) is 36.4 Å². The molecule has 0 aliphatic carbocycles. The SMILES string of the molecule is OB(O)c1ccc(OCCc2ccccc2)nc1. The lowest BCUT2D eigenvalue weighted by Crippen LogP contribution is -2.29. The average molecular weight is 243 g/mol. The van der Waals surface area contributed by atoms with Crippen LogP contribution in [0.3, 0.4) is 0 Å². The molecule has 0 spiro atoms. The summed E-state index contributed by atoms with van der Waals surface area (Å²) in [5, 5.41) is 17.8. The van der Waals surface area contributed by atoms with Crippen molar-refractivity contribution in [2.45, 2.75) is 6.42 Å². The van der Waals surface area contributed by atoms with Crippen molar-refractivity contribution in [1.82, 2.24) is 4.98 Å². The lowest BCUT2D eigenvalue weighted by atomic mass is 9.82. The van der Waals surface area contributed by atoms with Crippen LogP contribution in [-0.4, -0.2) is 28.8 Å². The van der Waals surface area contributed by atoms with Crippen LogP contribution < -0.4 is 10.2 Å². The zero-order chi connectivity index (χ0) is 12.8. The summed E-state index contributed by atoms with van der Waals surface area (Å²) in [6.45, 7) is 0.540. The van der Waals surface area contributed by atoms with E-state index < -0.39 is 7.12 Å². The third kappa shape index (κ3) is 3.58. The van der Waals surface area contributed by atoms with Crippen molar-refractivity contribution in [2.24, 2.45) is 0 Å². The van der Waals surface area contributed by atoms with Crippen LogP contribution in [0.25, 0.3) is 0 Å². The first-order valence-corrected chi connectivity index (χ1v) is 5.74. The second kappa shape index (κ2) is 6.19. The van der Waals surface area contributed by atoms with Gasteiger partial charge in [-0.05, 0) is 11.6 Å². The standard InChI is InChI=1S/C13H14BNO3/c16-14(17)12-6-7-13(15-10-12)18-9-8-11-4-2-1-3-5-11/h1-7,10,16-17H,8-9H2. The predicted molar refractivity (Wildman–Crippen MR) is 69.7 cm³/mol. The van der Waals surface area contributed by atoms with E-state index in [1.165, 1.54) is 11.8 Å². The molecule has 0 unspecified atom stereocenters. The lowest BCUT2D eigenvalue weighted by Gasteiger charge is -2.06. The summed E-state index contributed by atoms with van der Waals surface area (Å²) < 4.78 is 5.47. The van der Waals surface area contributed by atoms with Crippen molar-refractivity contribution in [2.75, 3.05) is 6.61 Å². The summed E-state index contributed by atoms with van der Waals surface area (Å²) in [4.78, 5) is 3.99. The van der Waals surface area contributed by atoms with E-state index in [2.05, 4.69) is 4.98 Å². The Balaban J connectivity index is 1.83. The Labute approximate surface area is 106 Å². The minimum atomic E-state index is -1.49. The van der Waals surface area contributed by atoms with Gasteiger partial charge >= 0.3 is 7.12 Å². The number of aromatic nitrogens is 1. The number of benzene rings is 1. The molecular weight excluding hydrogens is 229 g/mol. The maximum absolute atomic E-state index is 8.91. The van der Waals surface area contributed by atoms with Crippen molar-refractivity contribution in [1.29, 1.82) is 0 Å². The molecule has 0 aliphatic heterocycles. The Kier molecular flexibility index (Phi) is 4.33. The second-order valence-electron chi connectivity index (χ2n) is 3.89. The molecule has 92 valence electrons. The molecule has 1 aromatic carbocycles. The Morgan fingerprint density at radius 1 is 1.06 bits per heavy atom. The molecule has 5 heteroatoms. The van der Waals surface area contributed by atoms with E-state index >= 15 is 0 Å². The largest absolute Gasteiger partial charge is 0.490 e. The third-order valence-electron chi connectivity index (χ3n) is 2.54. The monoisotopic (exact) mass is 243 g/mol. The quantitative estimate of drug-likeness (QED) is 0.745. The van der Waals surface area contributed by atoms with E-state index in [9.17, 15) is 0 Å². The van der Waals surface area contributed by atoms with E-state index in [1.807, 2.05) is 30.3 Å². The zero-order valence-corrected chi connectivity index (χ0v) is 9.86. The van der Waals surface area contributed by atoms with Gasteiger partial charge in [-0.15, -0.1) is 0 Å². The molecule has 18 heavy (non-hydrogen) atoms. The molecule has 4 nitrogen and oxygen atoms in total. The van der Waals surface area contributed by atoms with Gasteiger partial charge in [0.1, 0.15) is 0 Å². The minimum Gasteiger partial charge on any atom is -0.477 e. The Morgan fingerprint density at radius 3 is 2.44 bits per heavy atom. The molecule has 0 radical (unpaired) electrons. The highest BCUT2D eigenvalue weighted by molar-refractivity contribution is 6.58. The first-order chi connectivity index (χ1) is 8.75. The molecule has 2 N–H and O–H groups in total. The van der Waals surface area contributed by atoms with E-state index in [1.54, 1.807) is 12.1 Å². The fraction of sp³-hybridized carbons (Fsp3) is 0.154. The highest BCUT2D eigenvalue weighted by atomic mass is 16.5. The summed E-state index contributed by atoms with van der Waals surface area (Å²) >= 11 is 0. The molecule has 0 saturated heterocycles. The topological polar surface area (TPSA) is 62.6 Å². The number of pyridine rings is 1. The van der Waals surface area contributed by atoms with Crippen LogP contribution in [0, 0.1) is 0 Å².